The monoisotopic (exact) mass is 571 g/mol. The Morgan fingerprint density at radius 2 is 1.90 bits per heavy atom. The molecule has 0 aromatic carbocycles. The average molecular weight is 572 g/mol. The molecule has 0 spiro atoms. The molecule has 1 amide bonds. The normalized spacial score (nSPS) is 24.5. The van der Waals surface area contributed by atoms with Crippen LogP contribution in [-0.2, 0) is 18.4 Å². The van der Waals surface area contributed by atoms with E-state index in [0.717, 1.165) is 34.5 Å². The van der Waals surface area contributed by atoms with E-state index < -0.39 is 21.5 Å². The highest BCUT2D eigenvalue weighted by Crippen LogP contribution is 2.28. The van der Waals surface area contributed by atoms with Gasteiger partial charge in [-0.3, -0.25) is 0 Å². The molecular formula is C16H29NO5S8. The summed E-state index contributed by atoms with van der Waals surface area (Å²) in [7, 11) is 1.55. The summed E-state index contributed by atoms with van der Waals surface area (Å²) in [5, 5.41) is 4.78. The number of carbonyl (C=O) groups is 1. The molecule has 1 fully saturated rings. The van der Waals surface area contributed by atoms with Gasteiger partial charge in [0.1, 0.15) is 5.54 Å². The molecule has 0 aromatic rings. The SMILES string of the molecule is CC1(S)OCC(/C=C/CCCCOSCSCSCSS)(NC(=O)OC(S)S)CO1. The second kappa shape index (κ2) is 17.2. The number of nitrogens with one attached hydrogen (secondary N) is 1. The number of ether oxygens (including phenoxy) is 3. The highest BCUT2D eigenvalue weighted by molar-refractivity contribution is 8.70. The molecule has 14 heteroatoms. The first kappa shape index (κ1) is 29.7. The Bertz CT molecular complexity index is 502. The maximum atomic E-state index is 12.0. The summed E-state index contributed by atoms with van der Waals surface area (Å²) >= 11 is 21.5. The van der Waals surface area contributed by atoms with E-state index >= 15 is 0 Å². The first-order chi connectivity index (χ1) is 14.3. The Balaban J connectivity index is 2.26. The maximum Gasteiger partial charge on any atom is 0.409 e. The topological polar surface area (TPSA) is 66.0 Å². The molecule has 176 valence electrons. The lowest BCUT2D eigenvalue weighted by Gasteiger charge is -2.41. The highest BCUT2D eigenvalue weighted by Gasteiger charge is 2.40. The third kappa shape index (κ3) is 14.8. The number of thioether (sulfide) groups is 2. The van der Waals surface area contributed by atoms with Gasteiger partial charge in [0.05, 0.1) is 30.0 Å². The van der Waals surface area contributed by atoms with Gasteiger partial charge < -0.3 is 23.7 Å². The van der Waals surface area contributed by atoms with Crippen LogP contribution in [0.2, 0.25) is 0 Å². The van der Waals surface area contributed by atoms with Crippen LogP contribution in [0.1, 0.15) is 26.2 Å². The number of allylic oxidation sites excluding steroid dienone is 1. The predicted molar refractivity (Wildman–Crippen MR) is 146 cm³/mol. The molecule has 0 aromatic heterocycles. The van der Waals surface area contributed by atoms with Crippen molar-refractivity contribution in [3.63, 3.8) is 0 Å². The number of hydrogen-bond donors (Lipinski definition) is 5. The smallest absolute Gasteiger partial charge is 0.409 e. The quantitative estimate of drug-likeness (QED) is 0.0435. The number of carbonyl (C=O) groups excluding carboxylic acids is 1. The number of unbranched alkanes of at least 4 members (excludes halogenated alkanes) is 2. The van der Waals surface area contributed by atoms with Gasteiger partial charge in [0.15, 0.2) is 4.77 Å². The zero-order chi connectivity index (χ0) is 22.3. The summed E-state index contributed by atoms with van der Waals surface area (Å²) in [4.78, 5) is 12.0. The van der Waals surface area contributed by atoms with Gasteiger partial charge >= 0.3 is 6.09 Å². The molecule has 1 N–H and O–H groups in total. The molecule has 0 saturated carbocycles. The zero-order valence-corrected chi connectivity index (χ0v) is 23.4. The molecular weight excluding hydrogens is 543 g/mol. The fraction of sp³-hybridized carbons (Fsp3) is 0.812. The molecule has 0 atom stereocenters. The van der Waals surface area contributed by atoms with Crippen LogP contribution in [0, 0.1) is 0 Å². The molecule has 1 aliphatic heterocycles. The molecule has 0 aliphatic carbocycles. The minimum absolute atomic E-state index is 0.213. The number of amides is 1. The zero-order valence-electron chi connectivity index (χ0n) is 16.6. The summed E-state index contributed by atoms with van der Waals surface area (Å²) in [6.45, 7) is 2.84. The number of rotatable bonds is 15. The predicted octanol–water partition coefficient (Wildman–Crippen LogP) is 5.55. The van der Waals surface area contributed by atoms with Gasteiger partial charge in [0.25, 0.3) is 0 Å². The van der Waals surface area contributed by atoms with E-state index in [0.29, 0.717) is 6.61 Å². The van der Waals surface area contributed by atoms with Gasteiger partial charge in [-0.1, -0.05) is 22.9 Å². The maximum absolute atomic E-state index is 12.0. The third-order valence-electron chi connectivity index (χ3n) is 3.56. The lowest BCUT2D eigenvalue weighted by molar-refractivity contribution is -0.216. The molecule has 1 rings (SSSR count). The molecule has 0 bridgehead atoms. The van der Waals surface area contributed by atoms with E-state index in [4.69, 9.17) is 18.4 Å². The van der Waals surface area contributed by atoms with Crippen LogP contribution in [0.25, 0.3) is 0 Å². The Morgan fingerprint density at radius 3 is 2.57 bits per heavy atom. The molecule has 0 radical (unpaired) electrons. The van der Waals surface area contributed by atoms with Crippen LogP contribution < -0.4 is 5.32 Å². The average Bonchev–Trinajstić information content (AvgIpc) is 2.67. The van der Waals surface area contributed by atoms with Gasteiger partial charge in [-0.2, -0.15) is 0 Å². The second-order valence-corrected chi connectivity index (χ2v) is 13.5. The standard InChI is InChI=1S/C16H29NO5S8/c1-15(25)19-8-16(9-20-15,17-13(18)22-14(23)24)6-4-2-3-5-7-21-29-11-27-10-28-12-30-26/h4,6,14,23-26H,2-3,5,7-12H2,1H3,(H,17,18)/b6-4+. The van der Waals surface area contributed by atoms with Crippen molar-refractivity contribution in [2.75, 3.05) is 35.1 Å². The van der Waals surface area contributed by atoms with E-state index in [9.17, 15) is 4.79 Å². The van der Waals surface area contributed by atoms with Crippen molar-refractivity contribution in [2.45, 2.75) is 41.6 Å². The van der Waals surface area contributed by atoms with Crippen LogP contribution in [0.3, 0.4) is 0 Å². The summed E-state index contributed by atoms with van der Waals surface area (Å²) in [6.07, 6.45) is 6.03. The molecule has 30 heavy (non-hydrogen) atoms. The Morgan fingerprint density at radius 1 is 1.20 bits per heavy atom. The van der Waals surface area contributed by atoms with Crippen LogP contribution in [-0.4, -0.2) is 56.6 Å². The summed E-state index contributed by atoms with van der Waals surface area (Å²) in [5.41, 5.74) is -0.831. The fourth-order valence-corrected chi connectivity index (χ4v) is 6.48. The number of thiol groups is 4. The largest absolute Gasteiger partial charge is 0.425 e. The molecule has 0 unspecified atom stereocenters. The number of alkyl carbamates (subject to hydrolysis) is 1. The fourth-order valence-electron chi connectivity index (χ4n) is 2.17. The number of hydrogen-bond acceptors (Lipinski definition) is 13. The van der Waals surface area contributed by atoms with Crippen molar-refractivity contribution >= 4 is 102 Å². The van der Waals surface area contributed by atoms with E-state index in [1.165, 1.54) is 12.0 Å². The lowest BCUT2D eigenvalue weighted by atomic mass is 9.99. The Kier molecular flexibility index (Phi) is 17.0. The van der Waals surface area contributed by atoms with E-state index in [1.54, 1.807) is 17.7 Å². The van der Waals surface area contributed by atoms with Crippen molar-refractivity contribution in [3.8, 4) is 0 Å². The summed E-state index contributed by atoms with van der Waals surface area (Å²) in [5.74, 6) is 0. The van der Waals surface area contributed by atoms with E-state index in [2.05, 4.69) is 54.9 Å². The van der Waals surface area contributed by atoms with Crippen LogP contribution in [0.5, 0.6) is 0 Å². The first-order valence-electron chi connectivity index (χ1n) is 8.98. The van der Waals surface area contributed by atoms with Crippen molar-refractivity contribution in [1.82, 2.24) is 5.32 Å². The molecule has 6 nitrogen and oxygen atoms in total. The molecule has 1 saturated heterocycles. The van der Waals surface area contributed by atoms with Crippen LogP contribution in [0.4, 0.5) is 4.79 Å². The van der Waals surface area contributed by atoms with Crippen molar-refractivity contribution in [3.05, 3.63) is 12.2 Å². The van der Waals surface area contributed by atoms with Crippen LogP contribution in [0.15, 0.2) is 12.2 Å². The van der Waals surface area contributed by atoms with Gasteiger partial charge in [-0.05, 0) is 26.2 Å². The van der Waals surface area contributed by atoms with Gasteiger partial charge in [0, 0.05) is 17.1 Å². The minimum Gasteiger partial charge on any atom is -0.425 e. The van der Waals surface area contributed by atoms with Gasteiger partial charge in [0.2, 0.25) is 5.12 Å². The minimum atomic E-state index is -0.990. The van der Waals surface area contributed by atoms with Gasteiger partial charge in [-0.25, -0.2) is 4.79 Å². The van der Waals surface area contributed by atoms with Crippen molar-refractivity contribution in [1.29, 1.82) is 0 Å². The van der Waals surface area contributed by atoms with Crippen molar-refractivity contribution < 1.29 is 23.2 Å². The Hall–Kier alpha value is 1.69. The van der Waals surface area contributed by atoms with Gasteiger partial charge in [-0.15, -0.1) is 73.1 Å². The lowest BCUT2D eigenvalue weighted by Crippen LogP contribution is -2.59. The molecule has 1 aliphatic rings. The Labute approximate surface area is 217 Å². The van der Waals surface area contributed by atoms with Crippen molar-refractivity contribution in [2.24, 2.45) is 0 Å². The second-order valence-electron chi connectivity index (χ2n) is 6.22. The molecule has 1 heterocycles. The first-order valence-corrected chi connectivity index (χ1v) is 15.7. The highest BCUT2D eigenvalue weighted by atomic mass is 33.1. The van der Waals surface area contributed by atoms with Crippen LogP contribution >= 0.6 is 95.9 Å². The summed E-state index contributed by atoms with van der Waals surface area (Å²) < 4.78 is 20.9. The van der Waals surface area contributed by atoms with E-state index in [-0.39, 0.29) is 13.2 Å². The van der Waals surface area contributed by atoms with E-state index in [1.807, 2.05) is 35.7 Å². The summed E-state index contributed by atoms with van der Waals surface area (Å²) in [6, 6.07) is 0. The third-order valence-corrected chi connectivity index (χ3v) is 8.79.